The second-order valence-electron chi connectivity index (χ2n) is 5.69. The highest BCUT2D eigenvalue weighted by atomic mass is 35.5. The lowest BCUT2D eigenvalue weighted by atomic mass is 9.76. The summed E-state index contributed by atoms with van der Waals surface area (Å²) in [6, 6.07) is 4.23. The molecule has 0 amide bonds. The lowest BCUT2D eigenvalue weighted by Crippen LogP contribution is -2.34. The molecule has 1 fully saturated rings. The third-order valence-corrected chi connectivity index (χ3v) is 4.73. The van der Waals surface area contributed by atoms with Crippen LogP contribution in [0.25, 0.3) is 0 Å². The number of hydrogen-bond acceptors (Lipinski definition) is 2. The highest BCUT2D eigenvalue weighted by molar-refractivity contribution is 6.30. The molecule has 0 bridgehead atoms. The molecule has 1 aromatic rings. The molecule has 1 aliphatic carbocycles. The minimum atomic E-state index is -0.748. The zero-order valence-electron chi connectivity index (χ0n) is 11.2. The van der Waals surface area contributed by atoms with Crippen LogP contribution < -0.4 is 5.73 Å². The maximum Gasteiger partial charge on any atom is 0.125 e. The van der Waals surface area contributed by atoms with Crippen LogP contribution in [0.15, 0.2) is 18.2 Å². The fourth-order valence-corrected chi connectivity index (χ4v) is 3.48. The van der Waals surface area contributed by atoms with Crippen LogP contribution in [0.1, 0.15) is 44.3 Å². The SMILES string of the molecule is CCC1CCC(CN)(C(O)c2cc(F)cc(Cl)c2)C1. The van der Waals surface area contributed by atoms with Crippen LogP contribution in [0.4, 0.5) is 4.39 Å². The van der Waals surface area contributed by atoms with Crippen LogP contribution in [0.3, 0.4) is 0 Å². The van der Waals surface area contributed by atoms with Crippen molar-refractivity contribution in [2.45, 2.75) is 38.7 Å². The van der Waals surface area contributed by atoms with Crippen LogP contribution in [-0.2, 0) is 0 Å². The van der Waals surface area contributed by atoms with Crippen LogP contribution >= 0.6 is 11.6 Å². The van der Waals surface area contributed by atoms with Gasteiger partial charge in [0, 0.05) is 17.0 Å². The number of nitrogens with two attached hydrogens (primary N) is 1. The molecule has 0 spiro atoms. The molecule has 0 aromatic heterocycles. The minimum Gasteiger partial charge on any atom is -0.388 e. The van der Waals surface area contributed by atoms with Crippen molar-refractivity contribution < 1.29 is 9.50 Å². The highest BCUT2D eigenvalue weighted by Gasteiger charge is 2.43. The van der Waals surface area contributed by atoms with E-state index in [1.807, 2.05) is 0 Å². The van der Waals surface area contributed by atoms with Crippen molar-refractivity contribution >= 4 is 11.6 Å². The predicted octanol–water partition coefficient (Wildman–Crippen LogP) is 3.67. The molecule has 2 nitrogen and oxygen atoms in total. The molecule has 0 saturated heterocycles. The normalized spacial score (nSPS) is 28.6. The lowest BCUT2D eigenvalue weighted by Gasteiger charge is -2.34. The summed E-state index contributed by atoms with van der Waals surface area (Å²) in [6.07, 6.45) is 3.21. The van der Waals surface area contributed by atoms with E-state index in [-0.39, 0.29) is 5.41 Å². The summed E-state index contributed by atoms with van der Waals surface area (Å²) in [5, 5.41) is 10.9. The fourth-order valence-electron chi connectivity index (χ4n) is 3.25. The first-order valence-electron chi connectivity index (χ1n) is 6.85. The van der Waals surface area contributed by atoms with E-state index in [1.54, 1.807) is 6.07 Å². The molecular formula is C15H21ClFNO. The molecule has 3 atom stereocenters. The van der Waals surface area contributed by atoms with Crippen LogP contribution in [-0.4, -0.2) is 11.7 Å². The maximum absolute atomic E-state index is 13.4. The van der Waals surface area contributed by atoms with Gasteiger partial charge in [0.15, 0.2) is 0 Å². The molecule has 0 aliphatic heterocycles. The van der Waals surface area contributed by atoms with E-state index in [1.165, 1.54) is 12.1 Å². The van der Waals surface area contributed by atoms with Gasteiger partial charge in [-0.05, 0) is 48.9 Å². The summed E-state index contributed by atoms with van der Waals surface area (Å²) >= 11 is 5.86. The van der Waals surface area contributed by atoms with Gasteiger partial charge in [-0.1, -0.05) is 24.9 Å². The van der Waals surface area contributed by atoms with Gasteiger partial charge >= 0.3 is 0 Å². The van der Waals surface area contributed by atoms with Gasteiger partial charge in [-0.25, -0.2) is 4.39 Å². The molecule has 1 saturated carbocycles. The topological polar surface area (TPSA) is 46.2 Å². The van der Waals surface area contributed by atoms with E-state index in [0.29, 0.717) is 23.0 Å². The van der Waals surface area contributed by atoms with E-state index in [9.17, 15) is 9.50 Å². The number of aliphatic hydroxyl groups is 1. The minimum absolute atomic E-state index is 0.311. The van der Waals surface area contributed by atoms with E-state index in [0.717, 1.165) is 25.7 Å². The van der Waals surface area contributed by atoms with Gasteiger partial charge in [-0.15, -0.1) is 0 Å². The Hall–Kier alpha value is -0.640. The first-order valence-corrected chi connectivity index (χ1v) is 7.22. The zero-order chi connectivity index (χ0) is 14.0. The first-order chi connectivity index (χ1) is 9.00. The second kappa shape index (κ2) is 5.78. The molecule has 2 rings (SSSR count). The lowest BCUT2D eigenvalue weighted by molar-refractivity contribution is 0.0299. The van der Waals surface area contributed by atoms with Crippen molar-refractivity contribution in [3.8, 4) is 0 Å². The average molecular weight is 286 g/mol. The van der Waals surface area contributed by atoms with Crippen molar-refractivity contribution in [3.05, 3.63) is 34.6 Å². The zero-order valence-corrected chi connectivity index (χ0v) is 12.0. The Morgan fingerprint density at radius 1 is 1.53 bits per heavy atom. The average Bonchev–Trinajstić information content (AvgIpc) is 2.81. The quantitative estimate of drug-likeness (QED) is 0.887. The molecule has 0 radical (unpaired) electrons. The Balaban J connectivity index is 2.28. The van der Waals surface area contributed by atoms with Gasteiger partial charge in [-0.2, -0.15) is 0 Å². The monoisotopic (exact) mass is 285 g/mol. The van der Waals surface area contributed by atoms with Crippen molar-refractivity contribution in [1.29, 1.82) is 0 Å². The molecule has 1 aromatic carbocycles. The maximum atomic E-state index is 13.4. The van der Waals surface area contributed by atoms with E-state index in [4.69, 9.17) is 17.3 Å². The summed E-state index contributed by atoms with van der Waals surface area (Å²) in [7, 11) is 0. The Bertz CT molecular complexity index is 434. The Morgan fingerprint density at radius 3 is 2.79 bits per heavy atom. The number of hydrogen-bond donors (Lipinski definition) is 2. The third-order valence-electron chi connectivity index (χ3n) is 4.51. The van der Waals surface area contributed by atoms with Crippen LogP contribution in [0, 0.1) is 17.2 Å². The van der Waals surface area contributed by atoms with Gasteiger partial charge in [0.05, 0.1) is 6.10 Å². The Kier molecular flexibility index (Phi) is 4.49. The van der Waals surface area contributed by atoms with Crippen molar-refractivity contribution in [3.63, 3.8) is 0 Å². The smallest absolute Gasteiger partial charge is 0.125 e. The van der Waals surface area contributed by atoms with E-state index >= 15 is 0 Å². The van der Waals surface area contributed by atoms with Gasteiger partial charge in [-0.3, -0.25) is 0 Å². The standard InChI is InChI=1S/C15H21ClFNO/c1-2-10-3-4-15(8-10,9-18)14(19)11-5-12(16)7-13(17)6-11/h5-7,10,14,19H,2-4,8-9,18H2,1H3. The summed E-state index contributed by atoms with van der Waals surface area (Å²) < 4.78 is 13.4. The summed E-state index contributed by atoms with van der Waals surface area (Å²) in [5.41, 5.74) is 6.11. The van der Waals surface area contributed by atoms with Crippen molar-refractivity contribution in [2.75, 3.05) is 6.54 Å². The van der Waals surface area contributed by atoms with Crippen LogP contribution in [0.2, 0.25) is 5.02 Å². The van der Waals surface area contributed by atoms with Gasteiger partial charge in [0.25, 0.3) is 0 Å². The molecule has 19 heavy (non-hydrogen) atoms. The summed E-state index contributed by atoms with van der Waals surface area (Å²) in [4.78, 5) is 0. The number of halogens is 2. The predicted molar refractivity (Wildman–Crippen MR) is 75.5 cm³/mol. The molecule has 3 unspecified atom stereocenters. The third kappa shape index (κ3) is 2.93. The number of benzene rings is 1. The summed E-state index contributed by atoms with van der Waals surface area (Å²) in [6.45, 7) is 2.57. The Morgan fingerprint density at radius 2 is 2.26 bits per heavy atom. The van der Waals surface area contributed by atoms with E-state index in [2.05, 4.69) is 6.92 Å². The molecule has 4 heteroatoms. The number of rotatable bonds is 4. The van der Waals surface area contributed by atoms with Gasteiger partial charge in [0.1, 0.15) is 5.82 Å². The molecule has 0 heterocycles. The molecule has 106 valence electrons. The van der Waals surface area contributed by atoms with Crippen molar-refractivity contribution in [2.24, 2.45) is 17.1 Å². The second-order valence-corrected chi connectivity index (χ2v) is 6.13. The largest absolute Gasteiger partial charge is 0.388 e. The van der Waals surface area contributed by atoms with Gasteiger partial charge < -0.3 is 10.8 Å². The van der Waals surface area contributed by atoms with Crippen LogP contribution in [0.5, 0.6) is 0 Å². The fraction of sp³-hybridized carbons (Fsp3) is 0.600. The summed E-state index contributed by atoms with van der Waals surface area (Å²) in [5.74, 6) is 0.181. The van der Waals surface area contributed by atoms with Gasteiger partial charge in [0.2, 0.25) is 0 Å². The van der Waals surface area contributed by atoms with Crippen molar-refractivity contribution in [1.82, 2.24) is 0 Å². The molecular weight excluding hydrogens is 265 g/mol. The Labute approximate surface area is 118 Å². The number of aliphatic hydroxyl groups excluding tert-OH is 1. The highest BCUT2D eigenvalue weighted by Crippen LogP contribution is 2.50. The first kappa shape index (κ1) is 14.8. The van der Waals surface area contributed by atoms with E-state index < -0.39 is 11.9 Å². The molecule has 3 N–H and O–H groups in total. The molecule has 1 aliphatic rings.